The summed E-state index contributed by atoms with van der Waals surface area (Å²) in [5, 5.41) is 2.89. The van der Waals surface area contributed by atoms with Crippen molar-refractivity contribution in [1.82, 2.24) is 5.32 Å². The predicted octanol–water partition coefficient (Wildman–Crippen LogP) is 3.66. The van der Waals surface area contributed by atoms with Gasteiger partial charge in [-0.1, -0.05) is 38.8 Å². The van der Waals surface area contributed by atoms with E-state index in [1.54, 1.807) is 24.3 Å². The van der Waals surface area contributed by atoms with E-state index in [0.29, 0.717) is 29.5 Å². The molecule has 0 radical (unpaired) electrons. The average molecular weight is 391 g/mol. The highest BCUT2D eigenvalue weighted by molar-refractivity contribution is 7.92. The number of rotatable bonds is 9. The summed E-state index contributed by atoms with van der Waals surface area (Å²) in [6.07, 6.45) is 2.01. The van der Waals surface area contributed by atoms with E-state index in [2.05, 4.69) is 23.9 Å². The van der Waals surface area contributed by atoms with Crippen LogP contribution in [-0.4, -0.2) is 28.0 Å². The van der Waals surface area contributed by atoms with Crippen molar-refractivity contribution < 1.29 is 17.9 Å². The molecule has 6 nitrogen and oxygen atoms in total. The third-order valence-corrected chi connectivity index (χ3v) is 5.87. The number of carbonyl (C=O) groups is 1. The molecule has 0 saturated carbocycles. The first-order valence-electron chi connectivity index (χ1n) is 8.95. The zero-order valence-corrected chi connectivity index (χ0v) is 16.7. The highest BCUT2D eigenvalue weighted by Crippen LogP contribution is 2.26. The summed E-state index contributed by atoms with van der Waals surface area (Å²) in [5.74, 6) is 0.667. The van der Waals surface area contributed by atoms with Gasteiger partial charge in [-0.15, -0.1) is 0 Å². The predicted molar refractivity (Wildman–Crippen MR) is 107 cm³/mol. The van der Waals surface area contributed by atoms with Gasteiger partial charge in [0.05, 0.1) is 17.7 Å². The third kappa shape index (κ3) is 5.47. The van der Waals surface area contributed by atoms with Crippen LogP contribution < -0.4 is 14.8 Å². The zero-order chi connectivity index (χ0) is 19.9. The number of anilines is 1. The topological polar surface area (TPSA) is 84.5 Å². The second-order valence-electron chi connectivity index (χ2n) is 6.22. The van der Waals surface area contributed by atoms with Crippen molar-refractivity contribution in [2.75, 3.05) is 18.4 Å². The molecule has 146 valence electrons. The maximum absolute atomic E-state index is 12.6. The van der Waals surface area contributed by atoms with Crippen molar-refractivity contribution in [1.29, 1.82) is 0 Å². The maximum atomic E-state index is 12.6. The van der Waals surface area contributed by atoms with Crippen molar-refractivity contribution in [3.63, 3.8) is 0 Å². The van der Waals surface area contributed by atoms with Gasteiger partial charge < -0.3 is 10.1 Å². The lowest BCUT2D eigenvalue weighted by Gasteiger charge is -2.14. The minimum absolute atomic E-state index is 0.0740. The van der Waals surface area contributed by atoms with Gasteiger partial charge in [0.15, 0.2) is 0 Å². The molecule has 0 fully saturated rings. The summed E-state index contributed by atoms with van der Waals surface area (Å²) in [6.45, 7) is 4.80. The summed E-state index contributed by atoms with van der Waals surface area (Å²) in [5.41, 5.74) is 0.782. The number of benzene rings is 2. The van der Waals surface area contributed by atoms with Gasteiger partial charge in [0.2, 0.25) is 0 Å². The van der Waals surface area contributed by atoms with Crippen LogP contribution in [-0.2, 0) is 10.0 Å². The number of carbonyl (C=O) groups excluding carboxylic acids is 1. The van der Waals surface area contributed by atoms with Crippen molar-refractivity contribution in [3.05, 3.63) is 54.1 Å². The summed E-state index contributed by atoms with van der Waals surface area (Å²) >= 11 is 0. The van der Waals surface area contributed by atoms with Crippen LogP contribution in [0.15, 0.2) is 53.4 Å². The Labute approximate surface area is 161 Å². The van der Waals surface area contributed by atoms with Crippen LogP contribution >= 0.6 is 0 Å². The number of para-hydroxylation sites is 2. The van der Waals surface area contributed by atoms with Gasteiger partial charge in [0.1, 0.15) is 5.75 Å². The van der Waals surface area contributed by atoms with Crippen LogP contribution in [0.3, 0.4) is 0 Å². The number of hydrogen-bond acceptors (Lipinski definition) is 4. The van der Waals surface area contributed by atoms with Gasteiger partial charge in [0, 0.05) is 12.1 Å². The Balaban J connectivity index is 2.10. The Hall–Kier alpha value is -2.54. The first-order chi connectivity index (χ1) is 12.9. The molecule has 0 aromatic heterocycles. The molecule has 1 amide bonds. The van der Waals surface area contributed by atoms with Crippen molar-refractivity contribution in [3.8, 4) is 5.75 Å². The Morgan fingerprint density at radius 2 is 1.67 bits per heavy atom. The molecule has 0 heterocycles. The van der Waals surface area contributed by atoms with Gasteiger partial charge in [0.25, 0.3) is 15.9 Å². The standard InChI is InChI=1S/C20H26N2O4S/c1-4-15(5-2)14-21-20(23)16-10-12-17(13-11-16)27(24,25)22-18-8-6-7-9-19(18)26-3/h6-13,15,22H,4-5,14H2,1-3H3,(H,21,23). The van der Waals surface area contributed by atoms with Gasteiger partial charge in [-0.3, -0.25) is 9.52 Å². The highest BCUT2D eigenvalue weighted by atomic mass is 32.2. The average Bonchev–Trinajstić information content (AvgIpc) is 2.69. The van der Waals surface area contributed by atoms with E-state index < -0.39 is 10.0 Å². The zero-order valence-electron chi connectivity index (χ0n) is 15.9. The summed E-state index contributed by atoms with van der Waals surface area (Å²) in [4.78, 5) is 12.3. The number of methoxy groups -OCH3 is 1. The normalized spacial score (nSPS) is 11.3. The summed E-state index contributed by atoms with van der Waals surface area (Å²) in [7, 11) is -2.31. The van der Waals surface area contributed by atoms with E-state index in [4.69, 9.17) is 4.74 Å². The first kappa shape index (κ1) is 20.8. The van der Waals surface area contributed by atoms with Gasteiger partial charge in [-0.05, 0) is 42.3 Å². The fourth-order valence-electron chi connectivity index (χ4n) is 2.63. The molecule has 0 bridgehead atoms. The number of nitrogens with one attached hydrogen (secondary N) is 2. The molecular formula is C20H26N2O4S. The van der Waals surface area contributed by atoms with Crippen LogP contribution in [0.1, 0.15) is 37.0 Å². The van der Waals surface area contributed by atoms with E-state index in [9.17, 15) is 13.2 Å². The Bertz CT molecular complexity index is 860. The van der Waals surface area contributed by atoms with Crippen molar-refractivity contribution in [2.45, 2.75) is 31.6 Å². The lowest BCUT2D eigenvalue weighted by atomic mass is 10.0. The monoisotopic (exact) mass is 390 g/mol. The molecule has 0 aliphatic carbocycles. The van der Waals surface area contributed by atoms with Crippen molar-refractivity contribution >= 4 is 21.6 Å². The number of amides is 1. The molecule has 2 rings (SSSR count). The minimum Gasteiger partial charge on any atom is -0.495 e. The van der Waals surface area contributed by atoms with Gasteiger partial charge >= 0.3 is 0 Å². The quantitative estimate of drug-likeness (QED) is 0.684. The Morgan fingerprint density at radius 3 is 2.26 bits per heavy atom. The maximum Gasteiger partial charge on any atom is 0.262 e. The van der Waals surface area contributed by atoms with E-state index in [0.717, 1.165) is 12.8 Å². The molecule has 0 aliphatic rings. The second-order valence-corrected chi connectivity index (χ2v) is 7.91. The van der Waals surface area contributed by atoms with E-state index in [-0.39, 0.29) is 10.8 Å². The molecule has 0 aliphatic heterocycles. The fourth-order valence-corrected chi connectivity index (χ4v) is 3.70. The number of sulfonamides is 1. The second kappa shape index (κ2) is 9.41. The number of ether oxygens (including phenoxy) is 1. The molecule has 2 N–H and O–H groups in total. The molecule has 2 aromatic rings. The van der Waals surface area contributed by atoms with E-state index >= 15 is 0 Å². The Morgan fingerprint density at radius 1 is 1.04 bits per heavy atom. The highest BCUT2D eigenvalue weighted by Gasteiger charge is 2.17. The molecular weight excluding hydrogens is 364 g/mol. The molecule has 0 spiro atoms. The SMILES string of the molecule is CCC(CC)CNC(=O)c1ccc(S(=O)(=O)Nc2ccccc2OC)cc1. The van der Waals surface area contributed by atoms with Crippen LogP contribution in [0.25, 0.3) is 0 Å². The smallest absolute Gasteiger partial charge is 0.262 e. The minimum atomic E-state index is -3.78. The Kier molecular flexibility index (Phi) is 7.24. The summed E-state index contributed by atoms with van der Waals surface area (Å²) < 4.78 is 32.8. The summed E-state index contributed by atoms with van der Waals surface area (Å²) in [6, 6.07) is 12.6. The van der Waals surface area contributed by atoms with E-state index in [1.807, 2.05) is 0 Å². The molecule has 0 atom stereocenters. The molecule has 2 aromatic carbocycles. The van der Waals surface area contributed by atoms with Crippen LogP contribution in [0.2, 0.25) is 0 Å². The largest absolute Gasteiger partial charge is 0.495 e. The lowest BCUT2D eigenvalue weighted by molar-refractivity contribution is 0.0946. The third-order valence-electron chi connectivity index (χ3n) is 4.48. The van der Waals surface area contributed by atoms with Crippen LogP contribution in [0.4, 0.5) is 5.69 Å². The molecule has 27 heavy (non-hydrogen) atoms. The molecule has 7 heteroatoms. The van der Waals surface area contributed by atoms with Crippen LogP contribution in [0.5, 0.6) is 5.75 Å². The molecule has 0 unspecified atom stereocenters. The van der Waals surface area contributed by atoms with Crippen molar-refractivity contribution in [2.24, 2.45) is 5.92 Å². The van der Waals surface area contributed by atoms with E-state index in [1.165, 1.54) is 31.4 Å². The number of hydrogen-bond donors (Lipinski definition) is 2. The first-order valence-corrected chi connectivity index (χ1v) is 10.4. The lowest BCUT2D eigenvalue weighted by Crippen LogP contribution is -2.28. The fraction of sp³-hybridized carbons (Fsp3) is 0.350. The molecule has 0 saturated heterocycles. The van der Waals surface area contributed by atoms with Crippen LogP contribution in [0, 0.1) is 5.92 Å². The van der Waals surface area contributed by atoms with Gasteiger partial charge in [-0.2, -0.15) is 0 Å². The van der Waals surface area contributed by atoms with Gasteiger partial charge in [-0.25, -0.2) is 8.42 Å².